The van der Waals surface area contributed by atoms with Gasteiger partial charge in [0.15, 0.2) is 5.65 Å². The van der Waals surface area contributed by atoms with Gasteiger partial charge < -0.3 is 9.73 Å². The number of aromatic nitrogens is 4. The van der Waals surface area contributed by atoms with E-state index in [1.165, 1.54) is 4.52 Å². The third kappa shape index (κ3) is 3.00. The Morgan fingerprint density at radius 1 is 1.03 bits per heavy atom. The van der Waals surface area contributed by atoms with Crippen LogP contribution in [0.2, 0.25) is 0 Å². The van der Waals surface area contributed by atoms with E-state index in [1.807, 2.05) is 37.3 Å². The zero-order chi connectivity index (χ0) is 20.7. The Labute approximate surface area is 172 Å². The number of hydrogen-bond donors (Lipinski definition) is 1. The van der Waals surface area contributed by atoms with Crippen LogP contribution in [0.25, 0.3) is 16.6 Å². The van der Waals surface area contributed by atoms with E-state index in [0.717, 1.165) is 16.7 Å². The van der Waals surface area contributed by atoms with Gasteiger partial charge in [-0.15, -0.1) is 5.10 Å². The molecular weight excluding hydrogens is 402 g/mol. The summed E-state index contributed by atoms with van der Waals surface area (Å²) < 4.78 is 33.3. The van der Waals surface area contributed by atoms with Crippen LogP contribution < -0.4 is 5.32 Å². The van der Waals surface area contributed by atoms with Gasteiger partial charge in [-0.2, -0.15) is 4.52 Å². The summed E-state index contributed by atoms with van der Waals surface area (Å²) >= 11 is 0. The van der Waals surface area contributed by atoms with Crippen molar-refractivity contribution in [2.24, 2.45) is 0 Å². The average molecular weight is 419 g/mol. The molecule has 5 aromatic rings. The second-order valence-corrected chi connectivity index (χ2v) is 8.72. The van der Waals surface area contributed by atoms with Crippen LogP contribution in [0.3, 0.4) is 0 Å². The second kappa shape index (κ2) is 6.96. The Kier molecular flexibility index (Phi) is 4.25. The summed E-state index contributed by atoms with van der Waals surface area (Å²) in [5.74, 6) is 1.26. The number of aryl methyl sites for hydroxylation is 1. The normalized spacial score (nSPS) is 11.9. The largest absolute Gasteiger partial charge is 0.467 e. The van der Waals surface area contributed by atoms with Gasteiger partial charge in [0.1, 0.15) is 11.6 Å². The number of nitrogens with one attached hydrogen (secondary N) is 1. The molecule has 8 nitrogen and oxygen atoms in total. The second-order valence-electron chi connectivity index (χ2n) is 6.86. The molecule has 0 radical (unpaired) electrons. The summed E-state index contributed by atoms with van der Waals surface area (Å²) in [6, 6.07) is 17.7. The van der Waals surface area contributed by atoms with E-state index >= 15 is 0 Å². The van der Waals surface area contributed by atoms with Crippen LogP contribution in [-0.4, -0.2) is 28.2 Å². The first-order valence-corrected chi connectivity index (χ1v) is 10.7. The number of rotatable bonds is 5. The Hall–Kier alpha value is -3.72. The first-order valence-electron chi connectivity index (χ1n) is 9.26. The van der Waals surface area contributed by atoms with Crippen LogP contribution in [0, 0.1) is 6.92 Å². The number of para-hydroxylation sites is 1. The number of furan rings is 1. The molecule has 3 heterocycles. The molecule has 0 spiro atoms. The summed E-state index contributed by atoms with van der Waals surface area (Å²) in [7, 11) is -3.89. The highest BCUT2D eigenvalue weighted by Crippen LogP contribution is 2.28. The predicted molar refractivity (Wildman–Crippen MR) is 111 cm³/mol. The number of fused-ring (bicyclic) bond motifs is 3. The van der Waals surface area contributed by atoms with Gasteiger partial charge in [-0.05, 0) is 43.3 Å². The molecule has 3 aromatic heterocycles. The number of sulfone groups is 1. The highest BCUT2D eigenvalue weighted by molar-refractivity contribution is 7.91. The minimum atomic E-state index is -3.89. The summed E-state index contributed by atoms with van der Waals surface area (Å²) in [6.07, 6.45) is 1.60. The number of benzene rings is 2. The monoisotopic (exact) mass is 419 g/mol. The fraction of sp³-hybridized carbons (Fsp3) is 0.0952. The van der Waals surface area contributed by atoms with Crippen LogP contribution in [0.4, 0.5) is 5.82 Å². The van der Waals surface area contributed by atoms with Gasteiger partial charge in [-0.1, -0.05) is 35.0 Å². The van der Waals surface area contributed by atoms with Gasteiger partial charge in [-0.3, -0.25) is 0 Å². The quantitative estimate of drug-likeness (QED) is 0.464. The average Bonchev–Trinajstić information content (AvgIpc) is 3.42. The van der Waals surface area contributed by atoms with Crippen molar-refractivity contribution in [3.63, 3.8) is 0 Å². The van der Waals surface area contributed by atoms with E-state index in [2.05, 4.69) is 20.6 Å². The van der Waals surface area contributed by atoms with Crippen molar-refractivity contribution in [3.8, 4) is 0 Å². The minimum absolute atomic E-state index is 0.149. The summed E-state index contributed by atoms with van der Waals surface area (Å²) in [5.41, 5.74) is 1.83. The maximum atomic E-state index is 13.2. The Bertz CT molecular complexity index is 1460. The topological polar surface area (TPSA) is 102 Å². The molecule has 9 heteroatoms. The first kappa shape index (κ1) is 18.3. The first-order chi connectivity index (χ1) is 14.5. The van der Waals surface area contributed by atoms with Gasteiger partial charge in [0.05, 0.1) is 23.2 Å². The van der Waals surface area contributed by atoms with Crippen molar-refractivity contribution in [2.75, 3.05) is 5.32 Å². The lowest BCUT2D eigenvalue weighted by Crippen LogP contribution is -2.07. The zero-order valence-corrected chi connectivity index (χ0v) is 16.8. The van der Waals surface area contributed by atoms with Gasteiger partial charge in [0.2, 0.25) is 14.9 Å². The number of nitrogens with zero attached hydrogens (tertiary/aromatic N) is 4. The molecule has 30 heavy (non-hydrogen) atoms. The molecule has 5 rings (SSSR count). The van der Waals surface area contributed by atoms with Crippen molar-refractivity contribution in [1.29, 1.82) is 0 Å². The van der Waals surface area contributed by atoms with Crippen LogP contribution in [0.15, 0.2) is 81.3 Å². The van der Waals surface area contributed by atoms with E-state index < -0.39 is 9.84 Å². The molecule has 0 aliphatic heterocycles. The lowest BCUT2D eigenvalue weighted by Gasteiger charge is -2.09. The van der Waals surface area contributed by atoms with E-state index in [1.54, 1.807) is 36.6 Å². The molecular formula is C21H17N5O3S. The molecule has 0 atom stereocenters. The fourth-order valence-corrected chi connectivity index (χ4v) is 4.50. The van der Waals surface area contributed by atoms with Gasteiger partial charge >= 0.3 is 0 Å². The molecule has 0 bridgehead atoms. The maximum Gasteiger partial charge on any atom is 0.229 e. The molecule has 0 amide bonds. The van der Waals surface area contributed by atoms with Crippen LogP contribution in [0.1, 0.15) is 11.3 Å². The van der Waals surface area contributed by atoms with E-state index in [4.69, 9.17) is 4.42 Å². The van der Waals surface area contributed by atoms with Crippen molar-refractivity contribution < 1.29 is 12.8 Å². The molecule has 0 aliphatic rings. The standard InChI is InChI=1S/C21H17N5O3S/c1-14-8-10-16(11-9-14)30(27,28)21-20-23-19(22-13-15-5-4-12-29-15)17-6-2-3-7-18(17)26(20)25-24-21/h2-12H,13H2,1H3,(H,22,23). The summed E-state index contributed by atoms with van der Waals surface area (Å²) in [6.45, 7) is 2.30. The highest BCUT2D eigenvalue weighted by atomic mass is 32.2. The SMILES string of the molecule is Cc1ccc(S(=O)(=O)c2nnn3c2nc(NCc2ccco2)c2ccccc23)cc1. The number of anilines is 1. The van der Waals surface area contributed by atoms with Gasteiger partial charge in [0.25, 0.3) is 0 Å². The number of hydrogen-bond acceptors (Lipinski definition) is 7. The van der Waals surface area contributed by atoms with Crippen LogP contribution in [-0.2, 0) is 16.4 Å². The van der Waals surface area contributed by atoms with Crippen molar-refractivity contribution in [2.45, 2.75) is 23.4 Å². The third-order valence-corrected chi connectivity index (χ3v) is 6.48. The predicted octanol–water partition coefficient (Wildman–Crippen LogP) is 3.62. The molecule has 0 saturated carbocycles. The molecule has 150 valence electrons. The molecule has 0 aliphatic carbocycles. The molecule has 1 N–H and O–H groups in total. The Balaban J connectivity index is 1.68. The van der Waals surface area contributed by atoms with E-state index in [-0.39, 0.29) is 15.6 Å². The molecule has 2 aromatic carbocycles. The summed E-state index contributed by atoms with van der Waals surface area (Å²) in [5, 5.41) is 11.9. The smallest absolute Gasteiger partial charge is 0.229 e. The lowest BCUT2D eigenvalue weighted by atomic mass is 10.2. The third-order valence-electron chi connectivity index (χ3n) is 4.82. The fourth-order valence-electron chi connectivity index (χ4n) is 3.27. The van der Waals surface area contributed by atoms with Crippen molar-refractivity contribution >= 4 is 32.2 Å². The lowest BCUT2D eigenvalue weighted by molar-refractivity contribution is 0.518. The zero-order valence-electron chi connectivity index (χ0n) is 16.0. The summed E-state index contributed by atoms with van der Waals surface area (Å²) in [4.78, 5) is 4.73. The van der Waals surface area contributed by atoms with E-state index in [0.29, 0.717) is 17.9 Å². The maximum absolute atomic E-state index is 13.2. The Morgan fingerprint density at radius 2 is 1.83 bits per heavy atom. The van der Waals surface area contributed by atoms with Gasteiger partial charge in [-0.25, -0.2) is 13.4 Å². The highest BCUT2D eigenvalue weighted by Gasteiger charge is 2.27. The van der Waals surface area contributed by atoms with E-state index in [9.17, 15) is 8.42 Å². The van der Waals surface area contributed by atoms with Gasteiger partial charge in [0, 0.05) is 5.39 Å². The van der Waals surface area contributed by atoms with Crippen molar-refractivity contribution in [1.82, 2.24) is 19.8 Å². The van der Waals surface area contributed by atoms with Crippen LogP contribution in [0.5, 0.6) is 0 Å². The molecule has 0 unspecified atom stereocenters. The van der Waals surface area contributed by atoms with Crippen molar-refractivity contribution in [3.05, 3.63) is 78.3 Å². The minimum Gasteiger partial charge on any atom is -0.467 e. The molecule has 0 fully saturated rings. The molecule has 0 saturated heterocycles. The Morgan fingerprint density at radius 3 is 2.60 bits per heavy atom. The van der Waals surface area contributed by atoms with Crippen LogP contribution >= 0.6 is 0 Å².